The maximum atomic E-state index is 12.7. The number of carboxylic acid groups (broad SMARTS) is 1. The maximum absolute atomic E-state index is 12.7. The standard InChI is InChI=1S/C28H29Cl2N5O4/c1-14(2)25-22(24(27(36)37)34-35(25)21-13-31-28(39-6)33-26(21)38-5)23(19-10-9-17(29)11-16(19)4)32-20-12-18(30)8-7-15(20)3/h7-14,23,32H,1-6H3,(H,36,37). The van der Waals surface area contributed by atoms with E-state index in [0.717, 1.165) is 22.4 Å². The Bertz CT molecular complexity index is 1540. The second-order valence-electron chi connectivity index (χ2n) is 9.31. The number of aryl methyl sites for hydroxylation is 2. The van der Waals surface area contributed by atoms with Gasteiger partial charge in [-0.05, 0) is 60.7 Å². The van der Waals surface area contributed by atoms with Crippen LogP contribution in [0, 0.1) is 13.8 Å². The van der Waals surface area contributed by atoms with Gasteiger partial charge in [0.2, 0.25) is 5.88 Å². The van der Waals surface area contributed by atoms with Crippen LogP contribution in [-0.4, -0.2) is 45.0 Å². The van der Waals surface area contributed by atoms with Crippen LogP contribution < -0.4 is 14.8 Å². The lowest BCUT2D eigenvalue weighted by Crippen LogP contribution is -2.19. The first-order valence-corrected chi connectivity index (χ1v) is 12.9. The number of anilines is 1. The average molecular weight is 570 g/mol. The molecule has 0 amide bonds. The van der Waals surface area contributed by atoms with Crippen molar-refractivity contribution in [3.8, 4) is 17.6 Å². The fourth-order valence-electron chi connectivity index (χ4n) is 4.54. The molecule has 2 aromatic heterocycles. The maximum Gasteiger partial charge on any atom is 0.356 e. The Kier molecular flexibility index (Phi) is 8.32. The Balaban J connectivity index is 2.06. The summed E-state index contributed by atoms with van der Waals surface area (Å²) in [4.78, 5) is 21.2. The third kappa shape index (κ3) is 5.65. The molecular weight excluding hydrogens is 541 g/mol. The van der Waals surface area contributed by atoms with Crippen molar-refractivity contribution in [1.82, 2.24) is 19.7 Å². The highest BCUT2D eigenvalue weighted by atomic mass is 35.5. The number of aromatic carboxylic acids is 1. The van der Waals surface area contributed by atoms with Crippen LogP contribution in [0.1, 0.15) is 64.2 Å². The predicted octanol–water partition coefficient (Wildman–Crippen LogP) is 6.63. The molecule has 0 aliphatic rings. The molecule has 0 spiro atoms. The Morgan fingerprint density at radius 3 is 2.33 bits per heavy atom. The number of nitrogens with one attached hydrogen (secondary N) is 1. The van der Waals surface area contributed by atoms with Crippen molar-refractivity contribution in [3.63, 3.8) is 0 Å². The number of ether oxygens (including phenoxy) is 2. The van der Waals surface area contributed by atoms with Gasteiger partial charge in [0, 0.05) is 21.3 Å². The van der Waals surface area contributed by atoms with Gasteiger partial charge in [0.25, 0.3) is 0 Å². The van der Waals surface area contributed by atoms with Gasteiger partial charge < -0.3 is 19.9 Å². The number of hydrogen-bond acceptors (Lipinski definition) is 7. The highest BCUT2D eigenvalue weighted by Crippen LogP contribution is 2.39. The van der Waals surface area contributed by atoms with Crippen LogP contribution in [0.4, 0.5) is 5.69 Å². The van der Waals surface area contributed by atoms with E-state index in [0.29, 0.717) is 27.0 Å². The van der Waals surface area contributed by atoms with E-state index in [9.17, 15) is 9.90 Å². The van der Waals surface area contributed by atoms with Gasteiger partial charge in [0.1, 0.15) is 5.69 Å². The Morgan fingerprint density at radius 2 is 1.72 bits per heavy atom. The normalized spacial score (nSPS) is 11.9. The Morgan fingerprint density at radius 1 is 1.03 bits per heavy atom. The Hall–Kier alpha value is -3.82. The van der Waals surface area contributed by atoms with Gasteiger partial charge in [-0.25, -0.2) is 14.5 Å². The lowest BCUT2D eigenvalue weighted by Gasteiger charge is -2.26. The van der Waals surface area contributed by atoms with Crippen molar-refractivity contribution < 1.29 is 19.4 Å². The van der Waals surface area contributed by atoms with Crippen molar-refractivity contribution in [2.24, 2.45) is 0 Å². The molecule has 0 aliphatic heterocycles. The number of aromatic nitrogens is 4. The quantitative estimate of drug-likeness (QED) is 0.231. The summed E-state index contributed by atoms with van der Waals surface area (Å²) < 4.78 is 12.2. The van der Waals surface area contributed by atoms with Crippen molar-refractivity contribution in [1.29, 1.82) is 0 Å². The summed E-state index contributed by atoms with van der Waals surface area (Å²) in [5.74, 6) is -1.15. The van der Waals surface area contributed by atoms with E-state index < -0.39 is 12.0 Å². The van der Waals surface area contributed by atoms with E-state index in [1.54, 1.807) is 12.1 Å². The molecule has 1 unspecified atom stereocenters. The molecular formula is C28H29Cl2N5O4. The molecule has 39 heavy (non-hydrogen) atoms. The number of rotatable bonds is 9. The molecule has 0 saturated heterocycles. The van der Waals surface area contributed by atoms with E-state index in [4.69, 9.17) is 32.7 Å². The van der Waals surface area contributed by atoms with Gasteiger partial charge in [0.15, 0.2) is 5.69 Å². The number of nitrogens with zero attached hydrogens (tertiary/aromatic N) is 4. The first kappa shape index (κ1) is 28.2. The van der Waals surface area contributed by atoms with Crippen LogP contribution >= 0.6 is 23.2 Å². The van der Waals surface area contributed by atoms with E-state index in [-0.39, 0.29) is 23.5 Å². The zero-order chi connectivity index (χ0) is 28.4. The first-order valence-electron chi connectivity index (χ1n) is 12.2. The van der Waals surface area contributed by atoms with Gasteiger partial charge in [-0.3, -0.25) is 0 Å². The van der Waals surface area contributed by atoms with Crippen molar-refractivity contribution in [3.05, 3.63) is 86.3 Å². The highest BCUT2D eigenvalue weighted by Gasteiger charge is 2.33. The molecule has 204 valence electrons. The first-order chi connectivity index (χ1) is 18.5. The highest BCUT2D eigenvalue weighted by molar-refractivity contribution is 6.31. The van der Waals surface area contributed by atoms with E-state index in [2.05, 4.69) is 20.4 Å². The molecule has 2 aromatic carbocycles. The number of benzene rings is 2. The fraction of sp³-hybridized carbons (Fsp3) is 0.286. The monoisotopic (exact) mass is 569 g/mol. The average Bonchev–Trinajstić information content (AvgIpc) is 3.30. The second-order valence-corrected chi connectivity index (χ2v) is 10.2. The van der Waals surface area contributed by atoms with Crippen LogP contribution in [-0.2, 0) is 0 Å². The molecule has 11 heteroatoms. The van der Waals surface area contributed by atoms with Crippen LogP contribution in [0.5, 0.6) is 11.9 Å². The number of methoxy groups -OCH3 is 2. The van der Waals surface area contributed by atoms with Crippen molar-refractivity contribution >= 4 is 34.9 Å². The van der Waals surface area contributed by atoms with E-state index in [1.165, 1.54) is 25.1 Å². The van der Waals surface area contributed by atoms with Crippen molar-refractivity contribution in [2.75, 3.05) is 19.5 Å². The molecule has 4 rings (SSSR count). The van der Waals surface area contributed by atoms with Crippen LogP contribution in [0.15, 0.2) is 42.6 Å². The lowest BCUT2D eigenvalue weighted by atomic mass is 9.89. The molecule has 0 saturated carbocycles. The second kappa shape index (κ2) is 11.5. The zero-order valence-electron chi connectivity index (χ0n) is 22.4. The van der Waals surface area contributed by atoms with Crippen molar-refractivity contribution in [2.45, 2.75) is 39.7 Å². The molecule has 1 atom stereocenters. The summed E-state index contributed by atoms with van der Waals surface area (Å²) in [7, 11) is 2.91. The van der Waals surface area contributed by atoms with Crippen LogP contribution in [0.2, 0.25) is 10.0 Å². The molecule has 0 aliphatic carbocycles. The number of carbonyl (C=O) groups is 1. The van der Waals surface area contributed by atoms with Crippen LogP contribution in [0.3, 0.4) is 0 Å². The van der Waals surface area contributed by atoms with Crippen LogP contribution in [0.25, 0.3) is 5.69 Å². The summed E-state index contributed by atoms with van der Waals surface area (Å²) in [5.41, 5.74) is 4.79. The third-order valence-corrected chi connectivity index (χ3v) is 6.83. The predicted molar refractivity (Wildman–Crippen MR) is 151 cm³/mol. The van der Waals surface area contributed by atoms with Gasteiger partial charge in [-0.15, -0.1) is 0 Å². The summed E-state index contributed by atoms with van der Waals surface area (Å²) in [5, 5.41) is 19.6. The molecule has 9 nitrogen and oxygen atoms in total. The van der Waals surface area contributed by atoms with Gasteiger partial charge in [0.05, 0.1) is 32.2 Å². The van der Waals surface area contributed by atoms with E-state index >= 15 is 0 Å². The Labute approximate surface area is 236 Å². The number of halogens is 2. The molecule has 0 radical (unpaired) electrons. The molecule has 4 aromatic rings. The summed E-state index contributed by atoms with van der Waals surface area (Å²) >= 11 is 12.6. The molecule has 2 N–H and O–H groups in total. The fourth-order valence-corrected chi connectivity index (χ4v) is 4.94. The molecule has 0 bridgehead atoms. The largest absolute Gasteiger partial charge is 0.479 e. The minimum absolute atomic E-state index is 0.111. The molecule has 0 fully saturated rings. The third-order valence-electron chi connectivity index (χ3n) is 6.36. The van der Waals surface area contributed by atoms with E-state index in [1.807, 2.05) is 52.0 Å². The van der Waals surface area contributed by atoms with Gasteiger partial charge in [-0.1, -0.05) is 49.2 Å². The minimum atomic E-state index is -1.18. The topological polar surface area (TPSA) is 111 Å². The van der Waals surface area contributed by atoms with Gasteiger partial charge in [-0.2, -0.15) is 10.1 Å². The minimum Gasteiger partial charge on any atom is -0.479 e. The lowest BCUT2D eigenvalue weighted by molar-refractivity contribution is 0.0688. The van der Waals surface area contributed by atoms with Gasteiger partial charge >= 0.3 is 12.0 Å². The summed E-state index contributed by atoms with van der Waals surface area (Å²) in [6.07, 6.45) is 1.50. The summed E-state index contributed by atoms with van der Waals surface area (Å²) in [6, 6.07) is 10.5. The number of hydrogen-bond donors (Lipinski definition) is 2. The molecule has 2 heterocycles. The SMILES string of the molecule is COc1ncc(-n2nc(C(=O)O)c(C(Nc3cc(Cl)ccc3C)c3ccc(Cl)cc3C)c2C(C)C)c(OC)n1. The smallest absolute Gasteiger partial charge is 0.356 e. The number of carboxylic acids is 1. The zero-order valence-corrected chi connectivity index (χ0v) is 23.9. The summed E-state index contributed by atoms with van der Waals surface area (Å²) in [6.45, 7) is 7.82.